The van der Waals surface area contributed by atoms with Crippen LogP contribution in [0.3, 0.4) is 0 Å². The molecule has 0 aliphatic carbocycles. The van der Waals surface area contributed by atoms with E-state index in [0.29, 0.717) is 0 Å². The van der Waals surface area contributed by atoms with E-state index in [9.17, 15) is 0 Å². The van der Waals surface area contributed by atoms with Crippen molar-refractivity contribution in [3.8, 4) is 11.1 Å². The van der Waals surface area contributed by atoms with Gasteiger partial charge in [-0.3, -0.25) is 0 Å². The van der Waals surface area contributed by atoms with Crippen molar-refractivity contribution in [3.63, 3.8) is 0 Å². The molecule has 4 aromatic rings. The molecule has 0 nitrogen and oxygen atoms in total. The molecule has 0 fully saturated rings. The van der Waals surface area contributed by atoms with Crippen LogP contribution in [0.25, 0.3) is 32.7 Å². The minimum atomic E-state index is -1.96. The first-order chi connectivity index (χ1) is 12.1. The van der Waals surface area contributed by atoms with Gasteiger partial charge in [0.1, 0.15) is 0 Å². The molecule has 0 radical (unpaired) electrons. The fourth-order valence-corrected chi connectivity index (χ4v) is 17.2. The van der Waals surface area contributed by atoms with Crippen molar-refractivity contribution in [3.05, 3.63) is 83.9 Å². The fraction of sp³-hybridized carbons (Fsp3) is 0.0909. The van der Waals surface area contributed by atoms with E-state index in [4.69, 9.17) is 0 Å². The molecule has 0 saturated heterocycles. The number of benzene rings is 4. The van der Waals surface area contributed by atoms with E-state index < -0.39 is 10.3 Å². The molecule has 1 aliphatic rings. The van der Waals surface area contributed by atoms with Crippen LogP contribution in [0.4, 0.5) is 0 Å². The SMILES string of the molecule is I[Te]1(I)Cc2ccc3ccccc3c2-c2c(ccc3ccccc23)C1. The van der Waals surface area contributed by atoms with Crippen LogP contribution in [0.5, 0.6) is 0 Å². The Hall–Kier alpha value is -0.350. The summed E-state index contributed by atoms with van der Waals surface area (Å²) < 4.78 is 2.57. The quantitative estimate of drug-likeness (QED) is 0.139. The van der Waals surface area contributed by atoms with Gasteiger partial charge >= 0.3 is 173 Å². The first kappa shape index (κ1) is 16.8. The molecule has 3 heteroatoms. The number of hydrogen-bond acceptors (Lipinski definition) is 0. The second-order valence-corrected chi connectivity index (χ2v) is 46.2. The number of halogens is 2. The van der Waals surface area contributed by atoms with Crippen molar-refractivity contribution in [2.75, 3.05) is 0 Å². The van der Waals surface area contributed by atoms with Crippen LogP contribution in [0.15, 0.2) is 72.8 Å². The minimum absolute atomic E-state index is 1.28. The average Bonchev–Trinajstić information content (AvgIpc) is 2.73. The van der Waals surface area contributed by atoms with E-state index in [0.717, 1.165) is 0 Å². The first-order valence-corrected chi connectivity index (χ1v) is 25.2. The van der Waals surface area contributed by atoms with Crippen molar-refractivity contribution < 1.29 is 0 Å². The van der Waals surface area contributed by atoms with Gasteiger partial charge in [0.15, 0.2) is 0 Å². The van der Waals surface area contributed by atoms with Crippen molar-refractivity contribution in [2.24, 2.45) is 0 Å². The molecular weight excluding hydrogens is 646 g/mol. The van der Waals surface area contributed by atoms with E-state index in [1.807, 2.05) is 0 Å². The van der Waals surface area contributed by atoms with Crippen LogP contribution < -0.4 is 0 Å². The van der Waals surface area contributed by atoms with Crippen molar-refractivity contribution >= 4 is 69.2 Å². The Labute approximate surface area is 171 Å². The predicted octanol–water partition coefficient (Wildman–Crippen LogP) is 7.15. The van der Waals surface area contributed by atoms with Gasteiger partial charge in [-0.05, 0) is 0 Å². The van der Waals surface area contributed by atoms with Crippen LogP contribution in [0.1, 0.15) is 11.1 Å². The zero-order valence-corrected chi connectivity index (χ0v) is 20.2. The van der Waals surface area contributed by atoms with Crippen molar-refractivity contribution in [1.82, 2.24) is 0 Å². The molecule has 1 aliphatic heterocycles. The van der Waals surface area contributed by atoms with Gasteiger partial charge in [-0.15, -0.1) is 0 Å². The van der Waals surface area contributed by atoms with Crippen LogP contribution in [0, 0.1) is 0 Å². The van der Waals surface area contributed by atoms with Crippen molar-refractivity contribution in [1.29, 1.82) is 0 Å². The number of hydrogen-bond donors (Lipinski definition) is 0. The Morgan fingerprint density at radius 1 is 0.560 bits per heavy atom. The summed E-state index contributed by atoms with van der Waals surface area (Å²) in [4.78, 5) is 0. The summed E-state index contributed by atoms with van der Waals surface area (Å²) in [5.41, 5.74) is 6.09. The first-order valence-electron chi connectivity index (χ1n) is 8.32. The zero-order chi connectivity index (χ0) is 17.0. The maximum atomic E-state index is 2.83. The molecule has 4 aromatic carbocycles. The van der Waals surface area contributed by atoms with E-state index in [-0.39, 0.29) is 0 Å². The monoisotopic (exact) mass is 664 g/mol. The third kappa shape index (κ3) is 2.92. The number of fused-ring (bicyclic) bond motifs is 7. The molecule has 0 N–H and O–H groups in total. The maximum absolute atomic E-state index is 2.83. The second-order valence-electron chi connectivity index (χ2n) is 6.63. The molecule has 0 bridgehead atoms. The van der Waals surface area contributed by atoms with Gasteiger partial charge in [-0.2, -0.15) is 0 Å². The predicted molar refractivity (Wildman–Crippen MR) is 128 cm³/mol. The normalized spacial score (nSPS) is 16.9. The van der Waals surface area contributed by atoms with Gasteiger partial charge < -0.3 is 0 Å². The van der Waals surface area contributed by atoms with E-state index in [1.165, 1.54) is 41.6 Å². The molecule has 0 saturated carbocycles. The molecule has 0 spiro atoms. The molecule has 25 heavy (non-hydrogen) atoms. The van der Waals surface area contributed by atoms with E-state index >= 15 is 0 Å². The van der Waals surface area contributed by atoms with Gasteiger partial charge in [0.2, 0.25) is 0 Å². The van der Waals surface area contributed by atoms with E-state index in [1.54, 1.807) is 11.1 Å². The van der Waals surface area contributed by atoms with Gasteiger partial charge in [0.05, 0.1) is 0 Å². The second kappa shape index (κ2) is 6.37. The van der Waals surface area contributed by atoms with E-state index in [2.05, 4.69) is 110 Å². The third-order valence-electron chi connectivity index (χ3n) is 5.01. The summed E-state index contributed by atoms with van der Waals surface area (Å²) in [7, 11) is -1.96. The average molecular weight is 662 g/mol. The van der Waals surface area contributed by atoms with Crippen molar-refractivity contribution in [2.45, 2.75) is 8.94 Å². The Kier molecular flexibility index (Phi) is 4.28. The van der Waals surface area contributed by atoms with Gasteiger partial charge in [0.25, 0.3) is 0 Å². The zero-order valence-electron chi connectivity index (χ0n) is 13.5. The van der Waals surface area contributed by atoms with Crippen LogP contribution in [-0.4, -0.2) is 10.3 Å². The van der Waals surface area contributed by atoms with Gasteiger partial charge in [0, 0.05) is 0 Å². The Balaban J connectivity index is 2.00. The molecule has 1 heterocycles. The summed E-state index contributed by atoms with van der Waals surface area (Å²) in [5.74, 6) is 0. The molecule has 0 aromatic heterocycles. The molecule has 5 rings (SSSR count). The van der Waals surface area contributed by atoms with Gasteiger partial charge in [-0.25, -0.2) is 0 Å². The van der Waals surface area contributed by atoms with Crippen LogP contribution >= 0.6 is 37.4 Å². The van der Waals surface area contributed by atoms with Crippen LogP contribution in [-0.2, 0) is 8.94 Å². The fourth-order valence-electron chi connectivity index (χ4n) is 3.97. The molecule has 0 amide bonds. The molecule has 0 unspecified atom stereocenters. The molecule has 124 valence electrons. The number of rotatable bonds is 0. The summed E-state index contributed by atoms with van der Waals surface area (Å²) in [5, 5.41) is 5.52. The Bertz CT molecular complexity index is 1040. The molecular formula is C22H16I2Te. The summed E-state index contributed by atoms with van der Waals surface area (Å²) >= 11 is 5.67. The summed E-state index contributed by atoms with van der Waals surface area (Å²) in [6.07, 6.45) is 0. The summed E-state index contributed by atoms with van der Waals surface area (Å²) in [6.45, 7) is 0. The Morgan fingerprint density at radius 3 is 1.48 bits per heavy atom. The topological polar surface area (TPSA) is 0 Å². The third-order valence-corrected chi connectivity index (χ3v) is 17.6. The Morgan fingerprint density at radius 2 is 1.00 bits per heavy atom. The van der Waals surface area contributed by atoms with Crippen LogP contribution in [0.2, 0.25) is 0 Å². The summed E-state index contributed by atoms with van der Waals surface area (Å²) in [6, 6.07) is 27.2. The standard InChI is InChI=1S/C22H16I2Te/c23-25(24)13-17-11-9-15-5-1-3-7-19(15)21(17)22-18(14-25)12-10-16-6-2-4-8-20(16)22/h1-12H,13-14H2. The molecule has 0 atom stereocenters. The van der Waals surface area contributed by atoms with Gasteiger partial charge in [-0.1, -0.05) is 0 Å².